The Bertz CT molecular complexity index is 374. The van der Waals surface area contributed by atoms with Gasteiger partial charge in [-0.2, -0.15) is 0 Å². The van der Waals surface area contributed by atoms with Crippen molar-refractivity contribution in [1.82, 2.24) is 5.32 Å². The van der Waals surface area contributed by atoms with Crippen LogP contribution in [-0.2, 0) is 5.41 Å². The van der Waals surface area contributed by atoms with Gasteiger partial charge in [0.2, 0.25) is 0 Å². The van der Waals surface area contributed by atoms with Crippen LogP contribution in [0.3, 0.4) is 0 Å². The molecule has 1 fully saturated rings. The van der Waals surface area contributed by atoms with Crippen LogP contribution in [-0.4, -0.2) is 12.1 Å². The first kappa shape index (κ1) is 15.6. The van der Waals surface area contributed by atoms with Crippen LogP contribution in [0.15, 0.2) is 30.3 Å². The van der Waals surface area contributed by atoms with Crippen molar-refractivity contribution in [2.24, 2.45) is 0 Å². The van der Waals surface area contributed by atoms with E-state index >= 15 is 0 Å². The zero-order chi connectivity index (χ0) is 14.4. The molecule has 1 aromatic carbocycles. The molecule has 1 nitrogen and oxygen atoms in total. The third-order valence-corrected chi connectivity index (χ3v) is 4.75. The Morgan fingerprint density at radius 2 is 1.65 bits per heavy atom. The maximum absolute atomic E-state index is 3.88. The predicted molar refractivity (Wildman–Crippen MR) is 88.2 cm³/mol. The lowest BCUT2D eigenvalue weighted by Crippen LogP contribution is -2.39. The van der Waals surface area contributed by atoms with E-state index in [1.165, 1.54) is 50.5 Å². The largest absolute Gasteiger partial charge is 0.311 e. The van der Waals surface area contributed by atoms with E-state index in [0.29, 0.717) is 6.04 Å². The van der Waals surface area contributed by atoms with E-state index < -0.39 is 0 Å². The highest BCUT2D eigenvalue weighted by atomic mass is 14.9. The lowest BCUT2D eigenvalue weighted by Gasteiger charge is -2.31. The van der Waals surface area contributed by atoms with Gasteiger partial charge in [-0.3, -0.25) is 0 Å². The molecule has 0 heterocycles. The van der Waals surface area contributed by atoms with Gasteiger partial charge in [-0.25, -0.2) is 0 Å². The van der Waals surface area contributed by atoms with E-state index in [1.54, 1.807) is 0 Å². The van der Waals surface area contributed by atoms with Crippen molar-refractivity contribution in [3.63, 3.8) is 0 Å². The molecule has 1 aliphatic carbocycles. The molecule has 1 aliphatic rings. The average Bonchev–Trinajstić information content (AvgIpc) is 2.67. The van der Waals surface area contributed by atoms with E-state index in [2.05, 4.69) is 56.4 Å². The maximum atomic E-state index is 3.88. The zero-order valence-electron chi connectivity index (χ0n) is 13.5. The lowest BCUT2D eigenvalue weighted by molar-refractivity contribution is 0.339. The zero-order valence-corrected chi connectivity index (χ0v) is 13.5. The van der Waals surface area contributed by atoms with E-state index in [9.17, 15) is 0 Å². The molecule has 1 N–H and O–H groups in total. The molecule has 0 radical (unpaired) electrons. The van der Waals surface area contributed by atoms with Crippen molar-refractivity contribution in [2.75, 3.05) is 0 Å². The third kappa shape index (κ3) is 4.63. The molecule has 0 spiro atoms. The molecule has 1 atom stereocenters. The fourth-order valence-corrected chi connectivity index (χ4v) is 3.68. The molecule has 0 amide bonds. The molecule has 20 heavy (non-hydrogen) atoms. The molecule has 0 bridgehead atoms. The summed E-state index contributed by atoms with van der Waals surface area (Å²) >= 11 is 0. The van der Waals surface area contributed by atoms with Crippen LogP contribution in [0.4, 0.5) is 0 Å². The van der Waals surface area contributed by atoms with Crippen molar-refractivity contribution in [1.29, 1.82) is 0 Å². The van der Waals surface area contributed by atoms with Crippen molar-refractivity contribution in [3.05, 3.63) is 35.9 Å². The van der Waals surface area contributed by atoms with Gasteiger partial charge in [0, 0.05) is 12.1 Å². The summed E-state index contributed by atoms with van der Waals surface area (Å²) in [5, 5.41) is 3.88. The molecule has 1 saturated carbocycles. The van der Waals surface area contributed by atoms with E-state index in [1.807, 2.05) is 0 Å². The minimum Gasteiger partial charge on any atom is -0.311 e. The van der Waals surface area contributed by atoms with Crippen LogP contribution in [0.5, 0.6) is 0 Å². The topological polar surface area (TPSA) is 12.0 Å². The van der Waals surface area contributed by atoms with Crippen LogP contribution in [0.25, 0.3) is 0 Å². The van der Waals surface area contributed by atoms with Gasteiger partial charge in [0.1, 0.15) is 0 Å². The summed E-state index contributed by atoms with van der Waals surface area (Å²) < 4.78 is 0. The summed E-state index contributed by atoms with van der Waals surface area (Å²) in [6, 6.07) is 12.3. The van der Waals surface area contributed by atoms with Gasteiger partial charge in [0.05, 0.1) is 0 Å². The first-order valence-corrected chi connectivity index (χ1v) is 8.39. The molecule has 0 aromatic heterocycles. The van der Waals surface area contributed by atoms with Crippen LogP contribution >= 0.6 is 0 Å². The molecule has 1 aromatic rings. The molecular weight excluding hydrogens is 242 g/mol. The second-order valence-corrected chi connectivity index (χ2v) is 7.21. The summed E-state index contributed by atoms with van der Waals surface area (Å²) in [5.41, 5.74) is 1.70. The van der Waals surface area contributed by atoms with Crippen LogP contribution in [0.1, 0.15) is 71.3 Å². The summed E-state index contributed by atoms with van der Waals surface area (Å²) in [6.45, 7) is 7.09. The van der Waals surface area contributed by atoms with E-state index in [0.717, 1.165) is 6.04 Å². The van der Waals surface area contributed by atoms with Crippen molar-refractivity contribution in [2.45, 2.75) is 83.2 Å². The molecule has 1 unspecified atom stereocenters. The van der Waals surface area contributed by atoms with Gasteiger partial charge in [-0.05, 0) is 37.2 Å². The highest BCUT2D eigenvalue weighted by molar-refractivity contribution is 5.23. The fraction of sp³-hybridized carbons (Fsp3) is 0.684. The van der Waals surface area contributed by atoms with E-state index in [4.69, 9.17) is 0 Å². The molecule has 0 saturated heterocycles. The van der Waals surface area contributed by atoms with Crippen LogP contribution in [0, 0.1) is 0 Å². The predicted octanol–water partition coefficient (Wildman–Crippen LogP) is 5.06. The summed E-state index contributed by atoms with van der Waals surface area (Å²) in [7, 11) is 0. The Hall–Kier alpha value is -0.820. The number of benzene rings is 1. The molecule has 0 aliphatic heterocycles. The normalized spacial score (nSPS) is 19.6. The fourth-order valence-electron chi connectivity index (χ4n) is 3.68. The maximum Gasteiger partial charge on any atom is 0.00695 e. The first-order chi connectivity index (χ1) is 9.58. The van der Waals surface area contributed by atoms with E-state index in [-0.39, 0.29) is 5.41 Å². The van der Waals surface area contributed by atoms with Gasteiger partial charge in [-0.1, -0.05) is 69.9 Å². The minimum absolute atomic E-state index is 0.248. The summed E-state index contributed by atoms with van der Waals surface area (Å²) in [4.78, 5) is 0. The standard InChI is InChI=1S/C19H31N/c1-16(20-18-13-9-4-5-10-14-18)15-19(2,3)17-11-7-6-8-12-17/h6-8,11-12,16,18,20H,4-5,9-10,13-15H2,1-3H3. The molecular formula is C19H31N. The highest BCUT2D eigenvalue weighted by Crippen LogP contribution is 2.28. The Morgan fingerprint density at radius 3 is 2.25 bits per heavy atom. The smallest absolute Gasteiger partial charge is 0.00695 e. The van der Waals surface area contributed by atoms with Gasteiger partial charge in [0.15, 0.2) is 0 Å². The van der Waals surface area contributed by atoms with Crippen molar-refractivity contribution in [3.8, 4) is 0 Å². The number of hydrogen-bond donors (Lipinski definition) is 1. The minimum atomic E-state index is 0.248. The summed E-state index contributed by atoms with van der Waals surface area (Å²) in [6.07, 6.45) is 9.63. The van der Waals surface area contributed by atoms with Crippen molar-refractivity contribution < 1.29 is 0 Å². The van der Waals surface area contributed by atoms with Gasteiger partial charge < -0.3 is 5.32 Å². The van der Waals surface area contributed by atoms with Gasteiger partial charge in [-0.15, -0.1) is 0 Å². The Labute approximate surface area is 125 Å². The SMILES string of the molecule is CC(CC(C)(C)c1ccccc1)NC1CCCCCC1. The third-order valence-electron chi connectivity index (χ3n) is 4.75. The average molecular weight is 273 g/mol. The Morgan fingerprint density at radius 1 is 1.05 bits per heavy atom. The summed E-state index contributed by atoms with van der Waals surface area (Å²) in [5.74, 6) is 0. The van der Waals surface area contributed by atoms with Crippen LogP contribution < -0.4 is 5.32 Å². The molecule has 112 valence electrons. The van der Waals surface area contributed by atoms with Gasteiger partial charge >= 0.3 is 0 Å². The van der Waals surface area contributed by atoms with Crippen LogP contribution in [0.2, 0.25) is 0 Å². The Balaban J connectivity index is 1.88. The monoisotopic (exact) mass is 273 g/mol. The second-order valence-electron chi connectivity index (χ2n) is 7.21. The lowest BCUT2D eigenvalue weighted by atomic mass is 9.79. The molecule has 1 heteroatoms. The number of nitrogens with one attached hydrogen (secondary N) is 1. The highest BCUT2D eigenvalue weighted by Gasteiger charge is 2.24. The Kier molecular flexibility index (Phi) is 5.65. The molecule has 2 rings (SSSR count). The second kappa shape index (κ2) is 7.26. The quantitative estimate of drug-likeness (QED) is 0.740. The van der Waals surface area contributed by atoms with Crippen molar-refractivity contribution >= 4 is 0 Å². The number of hydrogen-bond acceptors (Lipinski definition) is 1. The first-order valence-electron chi connectivity index (χ1n) is 8.39. The van der Waals surface area contributed by atoms with Gasteiger partial charge in [0.25, 0.3) is 0 Å². The number of rotatable bonds is 5.